The van der Waals surface area contributed by atoms with Crippen molar-refractivity contribution >= 4 is 11.8 Å². The number of nitrogens with zero attached hydrogens (tertiary/aromatic N) is 2. The molecule has 6 nitrogen and oxygen atoms in total. The molecule has 0 saturated carbocycles. The molecule has 0 bridgehead atoms. The van der Waals surface area contributed by atoms with Crippen LogP contribution in [0.2, 0.25) is 0 Å². The highest BCUT2D eigenvalue weighted by Gasteiger charge is 2.18. The number of furan rings is 1. The smallest absolute Gasteiger partial charge is 0.257 e. The Kier molecular flexibility index (Phi) is 7.31. The lowest BCUT2D eigenvalue weighted by atomic mass is 10.1. The highest BCUT2D eigenvalue weighted by atomic mass is 16.3. The van der Waals surface area contributed by atoms with Gasteiger partial charge >= 0.3 is 0 Å². The molecule has 1 aromatic heterocycles. The number of aryl methyl sites for hydroxylation is 1. The van der Waals surface area contributed by atoms with Gasteiger partial charge in [0.25, 0.3) is 5.91 Å². The van der Waals surface area contributed by atoms with Gasteiger partial charge in [-0.05, 0) is 45.8 Å². The third-order valence-electron chi connectivity index (χ3n) is 4.57. The molecule has 0 atom stereocenters. The number of carbonyl (C=O) groups excluding carboxylic acids is 2. The van der Waals surface area contributed by atoms with Crippen LogP contribution < -0.4 is 5.32 Å². The summed E-state index contributed by atoms with van der Waals surface area (Å²) in [6.45, 7) is 8.56. The summed E-state index contributed by atoms with van der Waals surface area (Å²) in [6, 6.07) is 1.68. The van der Waals surface area contributed by atoms with Crippen LogP contribution in [0.3, 0.4) is 0 Å². The molecule has 1 fully saturated rings. The summed E-state index contributed by atoms with van der Waals surface area (Å²) in [5.41, 5.74) is 0.572. The number of carbonyl (C=O) groups is 2. The minimum atomic E-state index is -0.0788. The Labute approximate surface area is 144 Å². The molecule has 0 radical (unpaired) electrons. The van der Waals surface area contributed by atoms with Gasteiger partial charge in [-0.15, -0.1) is 0 Å². The lowest BCUT2D eigenvalue weighted by Crippen LogP contribution is -2.39. The van der Waals surface area contributed by atoms with E-state index in [9.17, 15) is 9.59 Å². The number of piperidine rings is 1. The standard InChI is InChI=1S/C18H29N3O3/c1-3-21(18(23)16-8-14-24-15(16)2)12-7-17(22)19-9-13-20-10-5-4-6-11-20/h8,14H,3-7,9-13H2,1-2H3,(H,19,22). The van der Waals surface area contributed by atoms with E-state index >= 15 is 0 Å². The number of hydrogen-bond acceptors (Lipinski definition) is 4. The molecule has 1 aromatic rings. The number of hydrogen-bond donors (Lipinski definition) is 1. The molecule has 1 aliphatic heterocycles. The predicted molar refractivity (Wildman–Crippen MR) is 92.9 cm³/mol. The fraction of sp³-hybridized carbons (Fsp3) is 0.667. The van der Waals surface area contributed by atoms with Gasteiger partial charge in [0.15, 0.2) is 0 Å². The molecule has 24 heavy (non-hydrogen) atoms. The molecule has 1 aliphatic rings. The van der Waals surface area contributed by atoms with Gasteiger partial charge in [0, 0.05) is 32.6 Å². The van der Waals surface area contributed by atoms with E-state index < -0.39 is 0 Å². The average molecular weight is 335 g/mol. The molecule has 2 rings (SSSR count). The number of rotatable bonds is 8. The Morgan fingerprint density at radius 3 is 2.67 bits per heavy atom. The van der Waals surface area contributed by atoms with Crippen LogP contribution in [0.15, 0.2) is 16.7 Å². The third-order valence-corrected chi connectivity index (χ3v) is 4.57. The minimum Gasteiger partial charge on any atom is -0.469 e. The largest absolute Gasteiger partial charge is 0.469 e. The Morgan fingerprint density at radius 1 is 1.29 bits per heavy atom. The molecule has 6 heteroatoms. The summed E-state index contributed by atoms with van der Waals surface area (Å²) >= 11 is 0. The van der Waals surface area contributed by atoms with Crippen LogP contribution in [-0.2, 0) is 4.79 Å². The predicted octanol–water partition coefficient (Wildman–Crippen LogP) is 2.04. The number of likely N-dealkylation sites (tertiary alicyclic amines) is 1. The maximum Gasteiger partial charge on any atom is 0.257 e. The minimum absolute atomic E-state index is 0.00201. The van der Waals surface area contributed by atoms with Crippen molar-refractivity contribution in [1.29, 1.82) is 0 Å². The van der Waals surface area contributed by atoms with E-state index in [2.05, 4.69) is 10.2 Å². The number of nitrogens with one attached hydrogen (secondary N) is 1. The van der Waals surface area contributed by atoms with Gasteiger partial charge in [-0.25, -0.2) is 0 Å². The van der Waals surface area contributed by atoms with Crippen molar-refractivity contribution in [3.8, 4) is 0 Å². The van der Waals surface area contributed by atoms with Gasteiger partial charge in [-0.2, -0.15) is 0 Å². The fourth-order valence-corrected chi connectivity index (χ4v) is 3.04. The van der Waals surface area contributed by atoms with Gasteiger partial charge in [0.1, 0.15) is 5.76 Å². The molecule has 0 unspecified atom stereocenters. The zero-order chi connectivity index (χ0) is 17.4. The SMILES string of the molecule is CCN(CCC(=O)NCCN1CCCCC1)C(=O)c1ccoc1C. The molecule has 2 heterocycles. The second-order valence-electron chi connectivity index (χ2n) is 6.28. The fourth-order valence-electron chi connectivity index (χ4n) is 3.04. The van der Waals surface area contributed by atoms with Crippen molar-refractivity contribution in [1.82, 2.24) is 15.1 Å². The molecule has 0 spiro atoms. The van der Waals surface area contributed by atoms with Gasteiger partial charge in [0.2, 0.25) is 5.91 Å². The summed E-state index contributed by atoms with van der Waals surface area (Å²) in [6.07, 6.45) is 5.68. The van der Waals surface area contributed by atoms with Gasteiger partial charge < -0.3 is 19.5 Å². The number of amides is 2. The molecule has 0 aromatic carbocycles. The highest BCUT2D eigenvalue weighted by Crippen LogP contribution is 2.12. The first-order valence-electron chi connectivity index (χ1n) is 8.94. The zero-order valence-electron chi connectivity index (χ0n) is 14.8. The molecular formula is C18H29N3O3. The third kappa shape index (κ3) is 5.37. The van der Waals surface area contributed by atoms with Crippen molar-refractivity contribution in [3.05, 3.63) is 23.7 Å². The summed E-state index contributed by atoms with van der Waals surface area (Å²) in [5, 5.41) is 2.96. The normalized spacial score (nSPS) is 15.2. The highest BCUT2D eigenvalue weighted by molar-refractivity contribution is 5.95. The van der Waals surface area contributed by atoms with Crippen molar-refractivity contribution in [2.24, 2.45) is 0 Å². The van der Waals surface area contributed by atoms with Gasteiger partial charge in [0.05, 0.1) is 11.8 Å². The molecule has 134 valence electrons. The Morgan fingerprint density at radius 2 is 2.04 bits per heavy atom. The van der Waals surface area contributed by atoms with Crippen LogP contribution in [0.4, 0.5) is 0 Å². The summed E-state index contributed by atoms with van der Waals surface area (Å²) in [5.74, 6) is 0.538. The van der Waals surface area contributed by atoms with E-state index in [1.54, 1.807) is 17.9 Å². The van der Waals surface area contributed by atoms with E-state index in [0.29, 0.717) is 37.4 Å². The summed E-state index contributed by atoms with van der Waals surface area (Å²) in [4.78, 5) is 28.5. The van der Waals surface area contributed by atoms with Crippen LogP contribution in [0.1, 0.15) is 48.7 Å². The Hall–Kier alpha value is -1.82. The van der Waals surface area contributed by atoms with Crippen molar-refractivity contribution in [2.45, 2.75) is 39.5 Å². The molecule has 1 saturated heterocycles. The van der Waals surface area contributed by atoms with Gasteiger partial charge in [-0.3, -0.25) is 9.59 Å². The molecule has 2 amide bonds. The first-order valence-corrected chi connectivity index (χ1v) is 8.94. The quantitative estimate of drug-likeness (QED) is 0.789. The van der Waals surface area contributed by atoms with E-state index in [0.717, 1.165) is 19.6 Å². The van der Waals surface area contributed by atoms with Crippen molar-refractivity contribution in [3.63, 3.8) is 0 Å². The topological polar surface area (TPSA) is 65.8 Å². The maximum atomic E-state index is 12.4. The van der Waals surface area contributed by atoms with Crippen LogP contribution in [0, 0.1) is 6.92 Å². The second kappa shape index (κ2) is 9.47. The van der Waals surface area contributed by atoms with E-state index in [1.165, 1.54) is 25.5 Å². The van der Waals surface area contributed by atoms with Crippen LogP contribution in [0.5, 0.6) is 0 Å². The first kappa shape index (κ1) is 18.5. The summed E-state index contributed by atoms with van der Waals surface area (Å²) in [7, 11) is 0. The lowest BCUT2D eigenvalue weighted by Gasteiger charge is -2.26. The first-order chi connectivity index (χ1) is 11.6. The molecule has 1 N–H and O–H groups in total. The van der Waals surface area contributed by atoms with Crippen LogP contribution >= 0.6 is 0 Å². The zero-order valence-corrected chi connectivity index (χ0v) is 14.8. The molecular weight excluding hydrogens is 306 g/mol. The monoisotopic (exact) mass is 335 g/mol. The second-order valence-corrected chi connectivity index (χ2v) is 6.28. The van der Waals surface area contributed by atoms with Crippen molar-refractivity contribution < 1.29 is 14.0 Å². The van der Waals surface area contributed by atoms with E-state index in [1.807, 2.05) is 6.92 Å². The van der Waals surface area contributed by atoms with E-state index in [4.69, 9.17) is 4.42 Å². The Bertz CT molecular complexity index is 535. The maximum absolute atomic E-state index is 12.4. The summed E-state index contributed by atoms with van der Waals surface area (Å²) < 4.78 is 5.19. The van der Waals surface area contributed by atoms with Gasteiger partial charge in [-0.1, -0.05) is 6.42 Å². The lowest BCUT2D eigenvalue weighted by molar-refractivity contribution is -0.121. The Balaban J connectivity index is 1.69. The van der Waals surface area contributed by atoms with Crippen LogP contribution in [0.25, 0.3) is 0 Å². The van der Waals surface area contributed by atoms with Crippen LogP contribution in [-0.4, -0.2) is 60.9 Å². The molecule has 0 aliphatic carbocycles. The average Bonchev–Trinajstić information content (AvgIpc) is 3.02. The van der Waals surface area contributed by atoms with E-state index in [-0.39, 0.29) is 11.8 Å². The van der Waals surface area contributed by atoms with Crippen molar-refractivity contribution in [2.75, 3.05) is 39.3 Å².